The van der Waals surface area contributed by atoms with E-state index in [1.54, 1.807) is 18.2 Å². The number of aliphatic hydroxyl groups excluding tert-OH is 1. The van der Waals surface area contributed by atoms with Crippen LogP contribution < -0.4 is 9.46 Å². The minimum atomic E-state index is -3.38. The highest BCUT2D eigenvalue weighted by molar-refractivity contribution is 7.92. The first kappa shape index (κ1) is 20.4. The molecule has 2 saturated heterocycles. The molecule has 0 spiro atoms. The Balaban J connectivity index is 1.51. The van der Waals surface area contributed by atoms with E-state index in [0.29, 0.717) is 17.9 Å². The predicted octanol–water partition coefficient (Wildman–Crippen LogP) is 1.46. The van der Waals surface area contributed by atoms with Gasteiger partial charge in [0.25, 0.3) is 0 Å². The second-order valence-corrected chi connectivity index (χ2v) is 9.92. The minimum absolute atomic E-state index is 0.0589. The molecule has 1 aromatic rings. The predicted molar refractivity (Wildman–Crippen MR) is 107 cm³/mol. The van der Waals surface area contributed by atoms with Crippen LogP contribution in [0.1, 0.15) is 43.6 Å². The number of amides is 1. The summed E-state index contributed by atoms with van der Waals surface area (Å²) in [6, 6.07) is 5.18. The zero-order valence-electron chi connectivity index (χ0n) is 16.5. The molecule has 8 nitrogen and oxygen atoms in total. The third-order valence-electron chi connectivity index (χ3n) is 5.91. The molecule has 3 aliphatic rings. The summed E-state index contributed by atoms with van der Waals surface area (Å²) in [5, 5.41) is 9.83. The molecule has 29 heavy (non-hydrogen) atoms. The van der Waals surface area contributed by atoms with Crippen LogP contribution in [0.25, 0.3) is 0 Å². The van der Waals surface area contributed by atoms with Crippen LogP contribution in [0.4, 0.5) is 5.69 Å². The smallest absolute Gasteiger partial charge is 0.229 e. The van der Waals surface area contributed by atoms with Crippen LogP contribution in [-0.4, -0.2) is 68.6 Å². The van der Waals surface area contributed by atoms with Gasteiger partial charge in [0, 0.05) is 30.3 Å². The van der Waals surface area contributed by atoms with Crippen molar-refractivity contribution < 1.29 is 27.8 Å². The number of benzene rings is 1. The summed E-state index contributed by atoms with van der Waals surface area (Å²) in [5.74, 6) is 0.706. The summed E-state index contributed by atoms with van der Waals surface area (Å²) >= 11 is 0. The maximum atomic E-state index is 12.7. The second kappa shape index (κ2) is 8.12. The molecule has 0 aliphatic carbocycles. The molecule has 3 aliphatic heterocycles. The van der Waals surface area contributed by atoms with Crippen LogP contribution >= 0.6 is 0 Å². The minimum Gasteiger partial charge on any atom is -0.487 e. The maximum Gasteiger partial charge on any atom is 0.229 e. The van der Waals surface area contributed by atoms with Crippen molar-refractivity contribution in [2.24, 2.45) is 0 Å². The van der Waals surface area contributed by atoms with E-state index in [1.165, 1.54) is 0 Å². The molecule has 4 rings (SSSR count). The quantitative estimate of drug-likeness (QED) is 0.741. The summed E-state index contributed by atoms with van der Waals surface area (Å²) in [7, 11) is -3.38. The lowest BCUT2D eigenvalue weighted by molar-refractivity contribution is -0.149. The van der Waals surface area contributed by atoms with Crippen molar-refractivity contribution in [3.63, 3.8) is 0 Å². The van der Waals surface area contributed by atoms with Crippen molar-refractivity contribution in [1.82, 2.24) is 4.90 Å². The summed E-state index contributed by atoms with van der Waals surface area (Å²) in [4.78, 5) is 14.6. The standard InChI is InChI=1S/C20H28N2O6S/c1-29(25,26)21-13-5-6-17-15(9-13)16-10-14(27-18(12-23)20(16)28-17)11-19(24)22-7-3-2-4-8-22/h5-6,9,14,16,18,20-21,23H,2-4,7-8,10-12H2,1H3/t14-,16+,18+,20-/m0/s1. The first-order chi connectivity index (χ1) is 13.8. The first-order valence-corrected chi connectivity index (χ1v) is 12.1. The molecule has 3 heterocycles. The first-order valence-electron chi connectivity index (χ1n) is 10.2. The Bertz CT molecular complexity index is 868. The van der Waals surface area contributed by atoms with Crippen molar-refractivity contribution >= 4 is 21.6 Å². The van der Waals surface area contributed by atoms with Crippen molar-refractivity contribution in [1.29, 1.82) is 0 Å². The van der Waals surface area contributed by atoms with Gasteiger partial charge in [-0.1, -0.05) is 0 Å². The number of carbonyl (C=O) groups is 1. The van der Waals surface area contributed by atoms with Gasteiger partial charge in [0.2, 0.25) is 15.9 Å². The Morgan fingerprint density at radius 1 is 1.28 bits per heavy atom. The number of anilines is 1. The van der Waals surface area contributed by atoms with E-state index in [9.17, 15) is 18.3 Å². The molecule has 0 saturated carbocycles. The Labute approximate surface area is 171 Å². The normalized spacial score (nSPS) is 29.0. The third-order valence-corrected chi connectivity index (χ3v) is 6.52. The van der Waals surface area contributed by atoms with Gasteiger partial charge >= 0.3 is 0 Å². The average Bonchev–Trinajstić information content (AvgIpc) is 3.05. The molecule has 0 bridgehead atoms. The van der Waals surface area contributed by atoms with Gasteiger partial charge in [0.15, 0.2) is 0 Å². The number of nitrogens with zero attached hydrogens (tertiary/aromatic N) is 1. The highest BCUT2D eigenvalue weighted by atomic mass is 32.2. The molecule has 0 radical (unpaired) electrons. The Morgan fingerprint density at radius 3 is 2.72 bits per heavy atom. The van der Waals surface area contributed by atoms with E-state index in [0.717, 1.165) is 44.2 Å². The fourth-order valence-corrected chi connectivity index (χ4v) is 5.19. The Kier molecular flexibility index (Phi) is 5.72. The van der Waals surface area contributed by atoms with Crippen LogP contribution in [0.3, 0.4) is 0 Å². The van der Waals surface area contributed by atoms with Crippen LogP contribution in [0.2, 0.25) is 0 Å². The van der Waals surface area contributed by atoms with Gasteiger partial charge in [0.05, 0.1) is 25.4 Å². The van der Waals surface area contributed by atoms with Gasteiger partial charge in [-0.3, -0.25) is 9.52 Å². The van der Waals surface area contributed by atoms with Crippen molar-refractivity contribution in [2.45, 2.75) is 56.3 Å². The van der Waals surface area contributed by atoms with Gasteiger partial charge in [-0.2, -0.15) is 0 Å². The molecular weight excluding hydrogens is 396 g/mol. The van der Waals surface area contributed by atoms with Crippen LogP contribution in [-0.2, 0) is 19.6 Å². The van der Waals surface area contributed by atoms with Gasteiger partial charge in [-0.25, -0.2) is 8.42 Å². The van der Waals surface area contributed by atoms with E-state index in [1.807, 2.05) is 4.90 Å². The third kappa shape index (κ3) is 4.51. The number of fused-ring (bicyclic) bond motifs is 3. The summed E-state index contributed by atoms with van der Waals surface area (Å²) in [5.41, 5.74) is 1.37. The Hall–Kier alpha value is -1.84. The summed E-state index contributed by atoms with van der Waals surface area (Å²) < 4.78 is 37.7. The number of hydrogen-bond acceptors (Lipinski definition) is 6. The van der Waals surface area contributed by atoms with Crippen molar-refractivity contribution in [3.8, 4) is 5.75 Å². The van der Waals surface area contributed by atoms with Gasteiger partial charge < -0.3 is 19.5 Å². The molecule has 0 aromatic heterocycles. The van der Waals surface area contributed by atoms with Gasteiger partial charge in [-0.15, -0.1) is 0 Å². The molecule has 1 amide bonds. The molecule has 2 N–H and O–H groups in total. The number of aliphatic hydroxyl groups is 1. The molecular formula is C20H28N2O6S. The fraction of sp³-hybridized carbons (Fsp3) is 0.650. The lowest BCUT2D eigenvalue weighted by Gasteiger charge is -2.38. The average molecular weight is 425 g/mol. The number of likely N-dealkylation sites (tertiary alicyclic amines) is 1. The molecule has 160 valence electrons. The van der Waals surface area contributed by atoms with E-state index in [2.05, 4.69) is 4.72 Å². The van der Waals surface area contributed by atoms with Gasteiger partial charge in [0.1, 0.15) is 18.0 Å². The van der Waals surface area contributed by atoms with Gasteiger partial charge in [-0.05, 0) is 43.9 Å². The molecule has 9 heteroatoms. The lowest BCUT2D eigenvalue weighted by atomic mass is 9.84. The highest BCUT2D eigenvalue weighted by Crippen LogP contribution is 2.47. The number of hydrogen-bond donors (Lipinski definition) is 2. The molecule has 2 fully saturated rings. The number of sulfonamides is 1. The number of rotatable bonds is 5. The number of piperidine rings is 1. The maximum absolute atomic E-state index is 12.7. The van der Waals surface area contributed by atoms with Crippen molar-refractivity contribution in [3.05, 3.63) is 23.8 Å². The van der Waals surface area contributed by atoms with Crippen molar-refractivity contribution in [2.75, 3.05) is 30.7 Å². The number of nitrogens with one attached hydrogen (secondary N) is 1. The van der Waals surface area contributed by atoms with Crippen LogP contribution in [0, 0.1) is 0 Å². The molecule has 4 atom stereocenters. The number of carbonyl (C=O) groups excluding carboxylic acids is 1. The zero-order valence-corrected chi connectivity index (χ0v) is 17.4. The highest BCUT2D eigenvalue weighted by Gasteiger charge is 2.46. The summed E-state index contributed by atoms with van der Waals surface area (Å²) in [6.07, 6.45) is 4.07. The molecule has 0 unspecified atom stereocenters. The van der Waals surface area contributed by atoms with E-state index >= 15 is 0 Å². The number of ether oxygens (including phenoxy) is 2. The van der Waals surface area contributed by atoms with Crippen LogP contribution in [0.5, 0.6) is 5.75 Å². The van der Waals surface area contributed by atoms with E-state index < -0.39 is 16.1 Å². The zero-order chi connectivity index (χ0) is 20.6. The second-order valence-electron chi connectivity index (χ2n) is 8.18. The largest absolute Gasteiger partial charge is 0.487 e. The van der Waals surface area contributed by atoms with E-state index in [4.69, 9.17) is 9.47 Å². The summed E-state index contributed by atoms with van der Waals surface area (Å²) in [6.45, 7) is 1.40. The van der Waals surface area contributed by atoms with E-state index in [-0.39, 0.29) is 37.1 Å². The monoisotopic (exact) mass is 424 g/mol. The Morgan fingerprint density at radius 2 is 2.03 bits per heavy atom. The SMILES string of the molecule is CS(=O)(=O)Nc1ccc2c(c1)[C@H]1C[C@@H](CC(=O)N3CCCCC3)O[C@H](CO)[C@H]1O2. The molecule has 1 aromatic carbocycles. The topological polar surface area (TPSA) is 105 Å². The van der Waals surface area contributed by atoms with Crippen LogP contribution in [0.15, 0.2) is 18.2 Å². The fourth-order valence-electron chi connectivity index (χ4n) is 4.63. The lowest BCUT2D eigenvalue weighted by Crippen LogP contribution is -2.48.